The zero-order valence-corrected chi connectivity index (χ0v) is 14.0. The summed E-state index contributed by atoms with van der Waals surface area (Å²) >= 11 is 0. The third kappa shape index (κ3) is 4.48. The average molecular weight is 383 g/mol. The number of aliphatic hydroxyl groups excluding tert-OH is 7. The summed E-state index contributed by atoms with van der Waals surface area (Å²) in [4.78, 5) is 11.1. The summed E-state index contributed by atoms with van der Waals surface area (Å²) in [6, 6.07) is -1.24. The highest BCUT2D eigenvalue weighted by molar-refractivity contribution is 5.73. The zero-order chi connectivity index (χ0) is 19.6. The van der Waals surface area contributed by atoms with Crippen LogP contribution in [0.5, 0.6) is 0 Å². The van der Waals surface area contributed by atoms with E-state index in [-0.39, 0.29) is 0 Å². The lowest BCUT2D eigenvalue weighted by atomic mass is 9.97. The van der Waals surface area contributed by atoms with E-state index in [9.17, 15) is 35.4 Å². The number of hydrogen-bond donors (Lipinski definition) is 8. The lowest BCUT2D eigenvalue weighted by Crippen LogP contribution is -2.64. The Hall–Kier alpha value is -0.930. The standard InChI is InChI=1S/C14H25NO11/c1-4(17)15-7-10(20)9(19)6(25-13(7)23)3-24-14-12(22)11(21)8(18)5(2-16)26-14/h5-14,16,18-23H,2-3H2,1H3,(H,15,17)/t5-,6-,7-,8-,9+,10-,11+,12-,13+,14-/m1/s1. The number of carbonyl (C=O) groups is 1. The van der Waals surface area contributed by atoms with Crippen LogP contribution in [0.25, 0.3) is 0 Å². The van der Waals surface area contributed by atoms with Gasteiger partial charge < -0.3 is 55.3 Å². The topological polar surface area (TPSA) is 198 Å². The fourth-order valence-corrected chi connectivity index (χ4v) is 2.87. The molecule has 2 aliphatic rings. The molecule has 10 atom stereocenters. The summed E-state index contributed by atoms with van der Waals surface area (Å²) < 4.78 is 15.5. The highest BCUT2D eigenvalue weighted by Gasteiger charge is 2.47. The normalized spacial score (nSPS) is 46.8. The molecule has 2 heterocycles. The van der Waals surface area contributed by atoms with E-state index >= 15 is 0 Å². The third-order valence-corrected chi connectivity index (χ3v) is 4.36. The molecule has 0 spiro atoms. The van der Waals surface area contributed by atoms with Crippen LogP contribution < -0.4 is 5.32 Å². The number of ether oxygens (including phenoxy) is 3. The van der Waals surface area contributed by atoms with Crippen LogP contribution in [0, 0.1) is 0 Å². The van der Waals surface area contributed by atoms with Crippen molar-refractivity contribution in [3.05, 3.63) is 0 Å². The number of amides is 1. The molecule has 0 unspecified atom stereocenters. The molecule has 26 heavy (non-hydrogen) atoms. The summed E-state index contributed by atoms with van der Waals surface area (Å²) in [5.74, 6) is -0.542. The molecule has 8 N–H and O–H groups in total. The number of hydrogen-bond acceptors (Lipinski definition) is 11. The molecule has 2 fully saturated rings. The molecule has 0 saturated carbocycles. The molecule has 0 radical (unpaired) electrons. The van der Waals surface area contributed by atoms with Crippen molar-refractivity contribution in [2.45, 2.75) is 68.3 Å². The maximum absolute atomic E-state index is 11.1. The minimum absolute atomic E-state index is 0.467. The minimum Gasteiger partial charge on any atom is -0.394 e. The van der Waals surface area contributed by atoms with Crippen LogP contribution in [0.4, 0.5) is 0 Å². The van der Waals surface area contributed by atoms with E-state index in [1.807, 2.05) is 0 Å². The van der Waals surface area contributed by atoms with Crippen LogP contribution in [-0.2, 0) is 19.0 Å². The van der Waals surface area contributed by atoms with Gasteiger partial charge in [-0.25, -0.2) is 0 Å². The monoisotopic (exact) mass is 383 g/mol. The van der Waals surface area contributed by atoms with Gasteiger partial charge in [0.05, 0.1) is 13.2 Å². The highest BCUT2D eigenvalue weighted by atomic mass is 16.7. The summed E-state index contributed by atoms with van der Waals surface area (Å²) in [5.41, 5.74) is 0. The van der Waals surface area contributed by atoms with Gasteiger partial charge in [-0.1, -0.05) is 0 Å². The predicted molar refractivity (Wildman–Crippen MR) is 80.2 cm³/mol. The highest BCUT2D eigenvalue weighted by Crippen LogP contribution is 2.24. The first-order chi connectivity index (χ1) is 12.2. The number of aliphatic hydroxyl groups is 7. The smallest absolute Gasteiger partial charge is 0.217 e. The fraction of sp³-hybridized carbons (Fsp3) is 0.929. The SMILES string of the molecule is CC(=O)N[C@@H]1[C@@H](O)[C@@H](O)[C@@H](CO[C@@H]2O[C@H](CO)[C@@H](O)[C@H](O)[C@H]2O)O[C@@H]1O. The Morgan fingerprint density at radius 2 is 1.54 bits per heavy atom. The maximum atomic E-state index is 11.1. The number of carbonyl (C=O) groups excluding carboxylic acids is 1. The summed E-state index contributed by atoms with van der Waals surface area (Å²) in [6.07, 6.45) is -13.4. The Morgan fingerprint density at radius 1 is 0.923 bits per heavy atom. The van der Waals surface area contributed by atoms with Gasteiger partial charge in [0.15, 0.2) is 12.6 Å². The third-order valence-electron chi connectivity index (χ3n) is 4.36. The van der Waals surface area contributed by atoms with Gasteiger partial charge in [-0.3, -0.25) is 4.79 Å². The van der Waals surface area contributed by atoms with Crippen LogP contribution >= 0.6 is 0 Å². The van der Waals surface area contributed by atoms with Gasteiger partial charge >= 0.3 is 0 Å². The van der Waals surface area contributed by atoms with Gasteiger partial charge in [-0.2, -0.15) is 0 Å². The second-order valence-corrected chi connectivity index (χ2v) is 6.30. The quantitative estimate of drug-likeness (QED) is 0.226. The molecule has 0 aliphatic carbocycles. The first-order valence-corrected chi connectivity index (χ1v) is 8.06. The van der Waals surface area contributed by atoms with Crippen molar-refractivity contribution in [1.82, 2.24) is 5.32 Å². The van der Waals surface area contributed by atoms with E-state index < -0.39 is 80.5 Å². The first kappa shape index (κ1) is 21.4. The van der Waals surface area contributed by atoms with Crippen molar-refractivity contribution in [3.8, 4) is 0 Å². The molecule has 0 aromatic carbocycles. The van der Waals surface area contributed by atoms with Gasteiger partial charge in [0.1, 0.15) is 48.8 Å². The molecule has 152 valence electrons. The van der Waals surface area contributed by atoms with Crippen LogP contribution in [0.15, 0.2) is 0 Å². The Bertz CT molecular complexity index is 478. The lowest BCUT2D eigenvalue weighted by molar-refractivity contribution is -0.318. The Morgan fingerprint density at radius 3 is 2.12 bits per heavy atom. The lowest BCUT2D eigenvalue weighted by Gasteiger charge is -2.42. The van der Waals surface area contributed by atoms with Crippen molar-refractivity contribution < 1.29 is 54.8 Å². The van der Waals surface area contributed by atoms with Gasteiger partial charge in [0, 0.05) is 6.92 Å². The fourth-order valence-electron chi connectivity index (χ4n) is 2.87. The van der Waals surface area contributed by atoms with Crippen LogP contribution in [0.2, 0.25) is 0 Å². The van der Waals surface area contributed by atoms with Crippen molar-refractivity contribution in [2.75, 3.05) is 13.2 Å². The van der Waals surface area contributed by atoms with Crippen molar-refractivity contribution >= 4 is 5.91 Å². The van der Waals surface area contributed by atoms with Gasteiger partial charge in [0.25, 0.3) is 0 Å². The summed E-state index contributed by atoms with van der Waals surface area (Å²) in [5, 5.41) is 70.6. The largest absolute Gasteiger partial charge is 0.394 e. The number of rotatable bonds is 5. The van der Waals surface area contributed by atoms with Crippen LogP contribution in [0.1, 0.15) is 6.92 Å². The van der Waals surface area contributed by atoms with Gasteiger partial charge in [0.2, 0.25) is 5.91 Å². The average Bonchev–Trinajstić information content (AvgIpc) is 2.59. The molecule has 2 aliphatic heterocycles. The van der Waals surface area contributed by atoms with E-state index in [4.69, 9.17) is 19.3 Å². The van der Waals surface area contributed by atoms with Gasteiger partial charge in [-0.15, -0.1) is 0 Å². The maximum Gasteiger partial charge on any atom is 0.217 e. The van der Waals surface area contributed by atoms with Crippen molar-refractivity contribution in [3.63, 3.8) is 0 Å². The van der Waals surface area contributed by atoms with Crippen LogP contribution in [0.3, 0.4) is 0 Å². The molecule has 0 aromatic heterocycles. The molecule has 12 nitrogen and oxygen atoms in total. The van der Waals surface area contributed by atoms with Gasteiger partial charge in [-0.05, 0) is 0 Å². The zero-order valence-electron chi connectivity index (χ0n) is 14.0. The molecule has 2 saturated heterocycles. The Balaban J connectivity index is 1.95. The van der Waals surface area contributed by atoms with E-state index in [0.29, 0.717) is 0 Å². The molecular formula is C14H25NO11. The molecule has 2 rings (SSSR count). The minimum atomic E-state index is -1.64. The van der Waals surface area contributed by atoms with E-state index in [1.54, 1.807) is 0 Å². The summed E-state index contributed by atoms with van der Waals surface area (Å²) in [6.45, 7) is 0.0636. The first-order valence-electron chi connectivity index (χ1n) is 8.06. The molecular weight excluding hydrogens is 358 g/mol. The van der Waals surface area contributed by atoms with E-state index in [2.05, 4.69) is 5.32 Å². The van der Waals surface area contributed by atoms with E-state index in [1.165, 1.54) is 6.92 Å². The van der Waals surface area contributed by atoms with Crippen molar-refractivity contribution in [1.29, 1.82) is 0 Å². The Labute approximate surface area is 148 Å². The Kier molecular flexibility index (Phi) is 7.27. The molecule has 0 bridgehead atoms. The van der Waals surface area contributed by atoms with Crippen molar-refractivity contribution in [2.24, 2.45) is 0 Å². The molecule has 12 heteroatoms. The second kappa shape index (κ2) is 8.84. The summed E-state index contributed by atoms with van der Waals surface area (Å²) in [7, 11) is 0. The second-order valence-electron chi connectivity index (χ2n) is 6.30. The number of nitrogens with one attached hydrogen (secondary N) is 1. The predicted octanol–water partition coefficient (Wildman–Crippen LogP) is -5.25. The molecule has 1 amide bonds. The van der Waals surface area contributed by atoms with Crippen LogP contribution in [-0.4, -0.2) is 116 Å². The van der Waals surface area contributed by atoms with E-state index in [0.717, 1.165) is 0 Å². The molecule has 0 aromatic rings.